The van der Waals surface area contributed by atoms with Gasteiger partial charge in [-0.3, -0.25) is 25.2 Å². The van der Waals surface area contributed by atoms with Crippen LogP contribution in [0.4, 0.5) is 18.9 Å². The minimum atomic E-state index is -4.63. The van der Waals surface area contributed by atoms with Crippen LogP contribution in [0.5, 0.6) is 0 Å². The largest absolute Gasteiger partial charge is 0.416 e. The molecule has 8 nitrogen and oxygen atoms in total. The molecule has 2 amide bonds. The van der Waals surface area contributed by atoms with Gasteiger partial charge in [0, 0.05) is 17.9 Å². The number of hydrogen-bond donors (Lipinski definition) is 3. The van der Waals surface area contributed by atoms with Crippen molar-refractivity contribution in [3.63, 3.8) is 0 Å². The minimum Gasteiger partial charge on any atom is -0.368 e. The molecule has 2 aromatic rings. The zero-order valence-electron chi connectivity index (χ0n) is 15.9. The highest BCUT2D eigenvalue weighted by Gasteiger charge is 2.31. The van der Waals surface area contributed by atoms with E-state index in [0.717, 1.165) is 24.6 Å². The number of amides is 2. The van der Waals surface area contributed by atoms with E-state index in [9.17, 15) is 31.2 Å². The lowest BCUT2D eigenvalue weighted by molar-refractivity contribution is -0.137. The summed E-state index contributed by atoms with van der Waals surface area (Å²) in [6.45, 7) is 0.449. The van der Waals surface area contributed by atoms with Gasteiger partial charge in [0.15, 0.2) is 0 Å². The third-order valence-corrected chi connectivity index (χ3v) is 5.75. The molecule has 0 aromatic heterocycles. The van der Waals surface area contributed by atoms with E-state index in [1.165, 1.54) is 24.3 Å². The van der Waals surface area contributed by atoms with Gasteiger partial charge < -0.3 is 4.74 Å². The summed E-state index contributed by atoms with van der Waals surface area (Å²) in [5.41, 5.74) is 3.00. The van der Waals surface area contributed by atoms with Gasteiger partial charge in [-0.1, -0.05) is 12.1 Å². The fourth-order valence-electron chi connectivity index (χ4n) is 2.83. The van der Waals surface area contributed by atoms with Crippen LogP contribution in [0.1, 0.15) is 28.8 Å². The van der Waals surface area contributed by atoms with Crippen LogP contribution in [0, 0.1) is 0 Å². The molecule has 0 aliphatic carbocycles. The van der Waals surface area contributed by atoms with Crippen LogP contribution >= 0.6 is 0 Å². The Morgan fingerprint density at radius 2 is 1.77 bits per heavy atom. The Morgan fingerprint density at radius 1 is 1.03 bits per heavy atom. The average molecular weight is 457 g/mol. The van der Waals surface area contributed by atoms with Gasteiger partial charge in [0.2, 0.25) is 0 Å². The molecule has 2 aromatic carbocycles. The van der Waals surface area contributed by atoms with Gasteiger partial charge in [-0.05, 0) is 49.2 Å². The molecule has 3 N–H and O–H groups in total. The number of sulfonamides is 1. The number of nitrogens with one attached hydrogen (secondary N) is 3. The smallest absolute Gasteiger partial charge is 0.368 e. The Hall–Kier alpha value is -3.12. The molecule has 1 fully saturated rings. The lowest BCUT2D eigenvalue weighted by atomic mass is 10.2. The van der Waals surface area contributed by atoms with Crippen molar-refractivity contribution in [2.45, 2.75) is 30.0 Å². The zero-order valence-corrected chi connectivity index (χ0v) is 16.7. The Kier molecular flexibility index (Phi) is 6.51. The molecular formula is C19H18F3N3O5S. The fraction of sp³-hybridized carbons (Fsp3) is 0.263. The summed E-state index contributed by atoms with van der Waals surface area (Å²) < 4.78 is 70.9. The number of carbonyl (C=O) groups excluding carboxylic acids is 2. The molecule has 12 heteroatoms. The molecule has 1 atom stereocenters. The Balaban J connectivity index is 1.71. The van der Waals surface area contributed by atoms with E-state index in [0.29, 0.717) is 19.1 Å². The molecule has 1 heterocycles. The molecule has 31 heavy (non-hydrogen) atoms. The lowest BCUT2D eigenvalue weighted by Gasteiger charge is -2.13. The monoisotopic (exact) mass is 457 g/mol. The number of carbonyl (C=O) groups is 2. The highest BCUT2D eigenvalue weighted by Crippen LogP contribution is 2.31. The molecule has 1 unspecified atom stereocenters. The second-order valence-corrected chi connectivity index (χ2v) is 8.34. The van der Waals surface area contributed by atoms with Crippen LogP contribution in [-0.4, -0.2) is 32.9 Å². The lowest BCUT2D eigenvalue weighted by Crippen LogP contribution is -2.46. The minimum absolute atomic E-state index is 0.0837. The standard InChI is InChI=1S/C19H18F3N3O5S/c20-19(21,22)13-5-2-6-14(11-13)25-31(28,29)15-7-1-4-12(10-15)17(26)23-24-18(27)16-8-3-9-30-16/h1-2,4-7,10-11,16,25H,3,8-9H2,(H,23,26)(H,24,27). The Labute approximate surface area is 175 Å². The number of rotatable bonds is 5. The molecule has 1 aliphatic heterocycles. The molecule has 1 aliphatic rings. The molecule has 1 saturated heterocycles. The summed E-state index contributed by atoms with van der Waals surface area (Å²) in [5, 5.41) is 0. The second kappa shape index (κ2) is 8.94. The quantitative estimate of drug-likeness (QED) is 0.597. The first-order valence-corrected chi connectivity index (χ1v) is 10.6. The van der Waals surface area contributed by atoms with E-state index in [-0.39, 0.29) is 16.1 Å². The van der Waals surface area contributed by atoms with Crippen molar-refractivity contribution in [3.8, 4) is 0 Å². The van der Waals surface area contributed by atoms with Crippen molar-refractivity contribution in [1.82, 2.24) is 10.9 Å². The predicted octanol–water partition coefficient (Wildman–Crippen LogP) is 2.45. The molecule has 0 saturated carbocycles. The number of benzene rings is 2. The Bertz CT molecular complexity index is 1080. The van der Waals surface area contributed by atoms with Gasteiger partial charge in [0.05, 0.1) is 10.5 Å². The van der Waals surface area contributed by atoms with E-state index in [2.05, 4.69) is 15.6 Å². The summed E-state index contributed by atoms with van der Waals surface area (Å²) >= 11 is 0. The highest BCUT2D eigenvalue weighted by molar-refractivity contribution is 7.92. The SMILES string of the molecule is O=C(NNC(=O)C1CCCO1)c1cccc(S(=O)(=O)Nc2cccc(C(F)(F)F)c2)c1. The Morgan fingerprint density at radius 3 is 2.45 bits per heavy atom. The van der Waals surface area contributed by atoms with Crippen molar-refractivity contribution in [1.29, 1.82) is 0 Å². The van der Waals surface area contributed by atoms with Crippen LogP contribution in [0.2, 0.25) is 0 Å². The van der Waals surface area contributed by atoms with Gasteiger partial charge >= 0.3 is 6.18 Å². The van der Waals surface area contributed by atoms with Crippen LogP contribution in [-0.2, 0) is 25.7 Å². The molecule has 0 radical (unpaired) electrons. The molecule has 0 bridgehead atoms. The first-order chi connectivity index (χ1) is 14.6. The van der Waals surface area contributed by atoms with E-state index >= 15 is 0 Å². The van der Waals surface area contributed by atoms with Crippen molar-refractivity contribution < 1.29 is 35.9 Å². The average Bonchev–Trinajstić information content (AvgIpc) is 3.26. The number of alkyl halides is 3. The number of ether oxygens (including phenoxy) is 1. The first-order valence-electron chi connectivity index (χ1n) is 9.08. The van der Waals surface area contributed by atoms with Gasteiger partial charge in [-0.15, -0.1) is 0 Å². The molecule has 3 rings (SSSR count). The summed E-state index contributed by atoms with van der Waals surface area (Å²) in [6, 6.07) is 8.53. The number of hydrazine groups is 1. The maximum atomic E-state index is 12.8. The van der Waals surface area contributed by atoms with E-state index in [1.807, 2.05) is 0 Å². The fourth-order valence-corrected chi connectivity index (χ4v) is 3.93. The topological polar surface area (TPSA) is 114 Å². The summed E-state index contributed by atoms with van der Waals surface area (Å²) in [5.74, 6) is -1.30. The number of halogens is 3. The van der Waals surface area contributed by atoms with Gasteiger partial charge in [-0.2, -0.15) is 13.2 Å². The first kappa shape index (κ1) is 22.6. The van der Waals surface area contributed by atoms with E-state index < -0.39 is 39.7 Å². The van der Waals surface area contributed by atoms with Crippen molar-refractivity contribution in [2.24, 2.45) is 0 Å². The van der Waals surface area contributed by atoms with Crippen molar-refractivity contribution >= 4 is 27.5 Å². The van der Waals surface area contributed by atoms with Gasteiger partial charge in [-0.25, -0.2) is 8.42 Å². The van der Waals surface area contributed by atoms with E-state index in [1.54, 1.807) is 0 Å². The number of hydrogen-bond acceptors (Lipinski definition) is 5. The zero-order chi connectivity index (χ0) is 22.6. The highest BCUT2D eigenvalue weighted by atomic mass is 32.2. The normalized spacial score (nSPS) is 16.5. The third kappa shape index (κ3) is 5.73. The van der Waals surface area contributed by atoms with Crippen LogP contribution in [0.15, 0.2) is 53.4 Å². The van der Waals surface area contributed by atoms with E-state index in [4.69, 9.17) is 4.74 Å². The van der Waals surface area contributed by atoms with Crippen LogP contribution in [0.3, 0.4) is 0 Å². The van der Waals surface area contributed by atoms with Crippen LogP contribution < -0.4 is 15.6 Å². The number of anilines is 1. The maximum absolute atomic E-state index is 12.8. The summed E-state index contributed by atoms with van der Waals surface area (Å²) in [6.07, 6.45) is -4.04. The molecular weight excluding hydrogens is 439 g/mol. The second-order valence-electron chi connectivity index (χ2n) is 6.66. The van der Waals surface area contributed by atoms with Crippen molar-refractivity contribution in [3.05, 3.63) is 59.7 Å². The van der Waals surface area contributed by atoms with Crippen molar-refractivity contribution in [2.75, 3.05) is 11.3 Å². The van der Waals surface area contributed by atoms with Crippen LogP contribution in [0.25, 0.3) is 0 Å². The third-order valence-electron chi connectivity index (χ3n) is 4.37. The molecule has 0 spiro atoms. The summed E-state index contributed by atoms with van der Waals surface area (Å²) in [4.78, 5) is 23.8. The maximum Gasteiger partial charge on any atom is 0.416 e. The van der Waals surface area contributed by atoms with Gasteiger partial charge in [0.1, 0.15) is 6.10 Å². The van der Waals surface area contributed by atoms with Gasteiger partial charge in [0.25, 0.3) is 21.8 Å². The molecule has 166 valence electrons. The summed E-state index contributed by atoms with van der Waals surface area (Å²) in [7, 11) is -4.28. The predicted molar refractivity (Wildman–Crippen MR) is 103 cm³/mol.